The first-order chi connectivity index (χ1) is 8.81. The molecule has 4 nitrogen and oxygen atoms in total. The predicted molar refractivity (Wildman–Crippen MR) is 80.8 cm³/mol. The van der Waals surface area contributed by atoms with Gasteiger partial charge in [-0.05, 0) is 43.9 Å². The molecule has 0 bridgehead atoms. The second-order valence-corrected chi connectivity index (χ2v) is 5.50. The summed E-state index contributed by atoms with van der Waals surface area (Å²) >= 11 is 3.62. The van der Waals surface area contributed by atoms with Gasteiger partial charge < -0.3 is 15.4 Å². The van der Waals surface area contributed by atoms with E-state index in [0.717, 1.165) is 26.9 Å². The van der Waals surface area contributed by atoms with E-state index in [0.29, 0.717) is 13.0 Å². The van der Waals surface area contributed by atoms with Crippen LogP contribution in [-0.2, 0) is 6.42 Å². The standard InChI is InChI=1S/C14H21BrN2O2/c1-8-9(2)13(19-5)11(10(3)12(8)15)6-7-17(4)14(16)18/h6-7H2,1-5H3,(H2,16,18). The molecule has 0 aliphatic rings. The first-order valence-electron chi connectivity index (χ1n) is 6.13. The monoisotopic (exact) mass is 328 g/mol. The zero-order valence-corrected chi connectivity index (χ0v) is 13.7. The fraction of sp³-hybridized carbons (Fsp3) is 0.500. The van der Waals surface area contributed by atoms with Crippen LogP contribution in [0.4, 0.5) is 4.79 Å². The van der Waals surface area contributed by atoms with Crippen molar-refractivity contribution in [3.8, 4) is 5.75 Å². The van der Waals surface area contributed by atoms with Crippen LogP contribution in [0.5, 0.6) is 5.75 Å². The zero-order chi connectivity index (χ0) is 14.7. The summed E-state index contributed by atoms with van der Waals surface area (Å²) in [5.74, 6) is 0.899. The Morgan fingerprint density at radius 1 is 1.26 bits per heavy atom. The molecule has 0 saturated carbocycles. The third kappa shape index (κ3) is 3.21. The van der Waals surface area contributed by atoms with Gasteiger partial charge in [0, 0.05) is 23.6 Å². The number of rotatable bonds is 4. The summed E-state index contributed by atoms with van der Waals surface area (Å²) in [6.45, 7) is 6.73. The molecule has 0 fully saturated rings. The van der Waals surface area contributed by atoms with Crippen LogP contribution in [0.2, 0.25) is 0 Å². The van der Waals surface area contributed by atoms with Gasteiger partial charge in [-0.1, -0.05) is 15.9 Å². The first kappa shape index (κ1) is 15.8. The van der Waals surface area contributed by atoms with E-state index in [-0.39, 0.29) is 0 Å². The summed E-state index contributed by atoms with van der Waals surface area (Å²) in [4.78, 5) is 12.6. The maximum Gasteiger partial charge on any atom is 0.314 e. The highest BCUT2D eigenvalue weighted by Crippen LogP contribution is 2.36. The average molecular weight is 329 g/mol. The summed E-state index contributed by atoms with van der Waals surface area (Å²) in [6.07, 6.45) is 0.716. The van der Waals surface area contributed by atoms with Crippen LogP contribution in [0, 0.1) is 20.8 Å². The fourth-order valence-corrected chi connectivity index (χ4v) is 2.65. The molecule has 0 unspecified atom stereocenters. The Labute approximate surface area is 123 Å². The molecule has 5 heteroatoms. The number of amides is 2. The molecule has 0 atom stereocenters. The lowest BCUT2D eigenvalue weighted by molar-refractivity contribution is 0.219. The molecule has 2 N–H and O–H groups in total. The van der Waals surface area contributed by atoms with Crippen LogP contribution in [0.25, 0.3) is 0 Å². The van der Waals surface area contributed by atoms with Crippen molar-refractivity contribution in [2.24, 2.45) is 5.73 Å². The Morgan fingerprint density at radius 3 is 2.32 bits per heavy atom. The quantitative estimate of drug-likeness (QED) is 0.923. The normalized spacial score (nSPS) is 10.4. The number of halogens is 1. The highest BCUT2D eigenvalue weighted by molar-refractivity contribution is 9.10. The molecular weight excluding hydrogens is 308 g/mol. The number of benzene rings is 1. The molecule has 2 amide bonds. The topological polar surface area (TPSA) is 55.6 Å². The number of carbonyl (C=O) groups excluding carboxylic acids is 1. The number of methoxy groups -OCH3 is 1. The average Bonchev–Trinajstić information content (AvgIpc) is 2.38. The molecule has 0 aliphatic heterocycles. The summed E-state index contributed by atoms with van der Waals surface area (Å²) in [5, 5.41) is 0. The van der Waals surface area contributed by atoms with Crippen molar-refractivity contribution in [1.29, 1.82) is 0 Å². The van der Waals surface area contributed by atoms with E-state index in [1.807, 2.05) is 6.92 Å². The third-order valence-corrected chi connectivity index (χ3v) is 4.76. The molecular formula is C14H21BrN2O2. The van der Waals surface area contributed by atoms with Crippen molar-refractivity contribution < 1.29 is 9.53 Å². The Hall–Kier alpha value is -1.23. The molecule has 106 valence electrons. The molecule has 0 radical (unpaired) electrons. The Balaban J connectivity index is 3.16. The Morgan fingerprint density at radius 2 is 1.84 bits per heavy atom. The molecule has 1 aromatic rings. The number of primary amides is 1. The third-order valence-electron chi connectivity index (χ3n) is 3.57. The molecule has 0 aromatic heterocycles. The summed E-state index contributed by atoms with van der Waals surface area (Å²) < 4.78 is 6.63. The number of likely N-dealkylation sites (N-methyl/N-ethyl adjacent to an activating group) is 1. The van der Waals surface area contributed by atoms with Crippen molar-refractivity contribution in [3.05, 3.63) is 26.7 Å². The Kier molecular flexibility index (Phi) is 5.23. The lowest BCUT2D eigenvalue weighted by Crippen LogP contribution is -2.33. The summed E-state index contributed by atoms with van der Waals surface area (Å²) in [7, 11) is 3.37. The van der Waals surface area contributed by atoms with E-state index >= 15 is 0 Å². The van der Waals surface area contributed by atoms with Crippen LogP contribution in [-0.4, -0.2) is 31.6 Å². The maximum absolute atomic E-state index is 11.1. The van der Waals surface area contributed by atoms with Crippen LogP contribution >= 0.6 is 15.9 Å². The van der Waals surface area contributed by atoms with Crippen LogP contribution in [0.15, 0.2) is 4.47 Å². The number of nitrogens with two attached hydrogens (primary N) is 1. The van der Waals surface area contributed by atoms with E-state index < -0.39 is 6.03 Å². The van der Waals surface area contributed by atoms with Crippen LogP contribution in [0.1, 0.15) is 22.3 Å². The SMILES string of the molecule is COc1c(C)c(C)c(Br)c(C)c1CCN(C)C(N)=O. The van der Waals surface area contributed by atoms with Gasteiger partial charge in [0.25, 0.3) is 0 Å². The lowest BCUT2D eigenvalue weighted by Gasteiger charge is -2.21. The van der Waals surface area contributed by atoms with Gasteiger partial charge in [-0.25, -0.2) is 4.79 Å². The maximum atomic E-state index is 11.1. The number of ether oxygens (including phenoxy) is 1. The van der Waals surface area contributed by atoms with Gasteiger partial charge in [0.15, 0.2) is 0 Å². The zero-order valence-electron chi connectivity index (χ0n) is 12.1. The van der Waals surface area contributed by atoms with Gasteiger partial charge in [0.05, 0.1) is 7.11 Å². The minimum atomic E-state index is -0.417. The molecule has 0 saturated heterocycles. The molecule has 1 aromatic carbocycles. The highest BCUT2D eigenvalue weighted by Gasteiger charge is 2.17. The fourth-order valence-electron chi connectivity index (χ4n) is 2.11. The van der Waals surface area contributed by atoms with Crippen molar-refractivity contribution in [3.63, 3.8) is 0 Å². The lowest BCUT2D eigenvalue weighted by atomic mass is 9.96. The Bertz CT molecular complexity index is 501. The van der Waals surface area contributed by atoms with Crippen LogP contribution < -0.4 is 10.5 Å². The number of carbonyl (C=O) groups is 1. The van der Waals surface area contributed by atoms with Gasteiger partial charge in [-0.2, -0.15) is 0 Å². The van der Waals surface area contributed by atoms with Crippen molar-refractivity contribution in [1.82, 2.24) is 4.90 Å². The number of hydrogen-bond donors (Lipinski definition) is 1. The number of hydrogen-bond acceptors (Lipinski definition) is 2. The minimum absolute atomic E-state index is 0.417. The summed E-state index contributed by atoms with van der Waals surface area (Å²) in [6, 6.07) is -0.417. The highest BCUT2D eigenvalue weighted by atomic mass is 79.9. The minimum Gasteiger partial charge on any atom is -0.496 e. The molecule has 0 aliphatic carbocycles. The molecule has 0 spiro atoms. The van der Waals surface area contributed by atoms with Gasteiger partial charge in [0.2, 0.25) is 0 Å². The van der Waals surface area contributed by atoms with Crippen molar-refractivity contribution in [2.75, 3.05) is 20.7 Å². The van der Waals surface area contributed by atoms with Crippen molar-refractivity contribution >= 4 is 22.0 Å². The van der Waals surface area contributed by atoms with E-state index in [4.69, 9.17) is 10.5 Å². The molecule has 0 heterocycles. The summed E-state index contributed by atoms with van der Waals surface area (Å²) in [5.41, 5.74) is 9.81. The molecule has 1 rings (SSSR count). The molecule has 19 heavy (non-hydrogen) atoms. The van der Waals surface area contributed by atoms with Crippen molar-refractivity contribution in [2.45, 2.75) is 27.2 Å². The van der Waals surface area contributed by atoms with E-state index in [9.17, 15) is 4.79 Å². The predicted octanol–water partition coefficient (Wildman–Crippen LogP) is 2.94. The van der Waals surface area contributed by atoms with Gasteiger partial charge in [-0.15, -0.1) is 0 Å². The second kappa shape index (κ2) is 6.28. The van der Waals surface area contributed by atoms with E-state index in [2.05, 4.69) is 29.8 Å². The van der Waals surface area contributed by atoms with Gasteiger partial charge >= 0.3 is 6.03 Å². The van der Waals surface area contributed by atoms with E-state index in [1.54, 1.807) is 14.2 Å². The second-order valence-electron chi connectivity index (χ2n) is 4.71. The van der Waals surface area contributed by atoms with E-state index in [1.165, 1.54) is 10.5 Å². The van der Waals surface area contributed by atoms with Gasteiger partial charge in [0.1, 0.15) is 5.75 Å². The number of nitrogens with zero attached hydrogens (tertiary/aromatic N) is 1. The van der Waals surface area contributed by atoms with Gasteiger partial charge in [-0.3, -0.25) is 0 Å². The largest absolute Gasteiger partial charge is 0.496 e. The number of urea groups is 1. The smallest absolute Gasteiger partial charge is 0.314 e. The van der Waals surface area contributed by atoms with Crippen LogP contribution in [0.3, 0.4) is 0 Å². The first-order valence-corrected chi connectivity index (χ1v) is 6.93.